The first kappa shape index (κ1) is 14.8. The molecular weight excluding hydrogens is 275 g/mol. The van der Waals surface area contributed by atoms with Crippen molar-refractivity contribution in [2.24, 2.45) is 5.73 Å². The van der Waals surface area contributed by atoms with Gasteiger partial charge in [0.25, 0.3) is 5.56 Å². The van der Waals surface area contributed by atoms with E-state index in [9.17, 15) is 4.79 Å². The molecule has 1 aromatic carbocycles. The van der Waals surface area contributed by atoms with Gasteiger partial charge in [-0.1, -0.05) is 11.6 Å². The average Bonchev–Trinajstić information content (AvgIpc) is 2.27. The molecule has 2 rings (SSSR count). The van der Waals surface area contributed by atoms with E-state index >= 15 is 0 Å². The first-order valence-electron chi connectivity index (χ1n) is 5.19. The van der Waals surface area contributed by atoms with Crippen LogP contribution in [-0.4, -0.2) is 12.1 Å². The average molecular weight is 289 g/mol. The Morgan fingerprint density at radius 2 is 2.06 bits per heavy atom. The van der Waals surface area contributed by atoms with Gasteiger partial charge in [0.05, 0.1) is 17.6 Å². The molecule has 0 fully saturated rings. The van der Waals surface area contributed by atoms with E-state index in [2.05, 4.69) is 4.98 Å². The van der Waals surface area contributed by atoms with E-state index < -0.39 is 0 Å². The van der Waals surface area contributed by atoms with Gasteiger partial charge < -0.3 is 15.5 Å². The zero-order valence-corrected chi connectivity index (χ0v) is 11.6. The number of hydrogen-bond acceptors (Lipinski definition) is 3. The number of aromatic nitrogens is 1. The molecule has 2 aromatic rings. The van der Waals surface area contributed by atoms with Crippen molar-refractivity contribution in [3.63, 3.8) is 0 Å². The van der Waals surface area contributed by atoms with E-state index in [1.165, 1.54) is 7.11 Å². The van der Waals surface area contributed by atoms with Crippen LogP contribution in [0.3, 0.4) is 0 Å². The van der Waals surface area contributed by atoms with E-state index in [1.807, 2.05) is 0 Å². The monoisotopic (exact) mass is 288 g/mol. The summed E-state index contributed by atoms with van der Waals surface area (Å²) in [7, 11) is 1.53. The molecular formula is C12H14Cl2N2O2. The number of nitrogens with one attached hydrogen (secondary N) is 1. The maximum absolute atomic E-state index is 11.7. The molecule has 1 heterocycles. The lowest BCUT2D eigenvalue weighted by Crippen LogP contribution is -2.19. The molecule has 0 aliphatic heterocycles. The molecule has 3 N–H and O–H groups in total. The number of pyridine rings is 1. The molecule has 0 saturated carbocycles. The van der Waals surface area contributed by atoms with Crippen molar-refractivity contribution in [1.82, 2.24) is 4.98 Å². The van der Waals surface area contributed by atoms with Gasteiger partial charge in [0.2, 0.25) is 0 Å². The fraction of sp³-hybridized carbons (Fsp3) is 0.250. The Balaban J connectivity index is 0.00000162. The highest BCUT2D eigenvalue weighted by Gasteiger charge is 2.09. The minimum absolute atomic E-state index is 0. The molecule has 0 amide bonds. The zero-order chi connectivity index (χ0) is 12.6. The van der Waals surface area contributed by atoms with E-state index in [0.717, 1.165) is 5.39 Å². The summed E-state index contributed by atoms with van der Waals surface area (Å²) in [6.07, 6.45) is 0. The van der Waals surface area contributed by atoms with Crippen LogP contribution in [0.2, 0.25) is 5.02 Å². The van der Waals surface area contributed by atoms with Crippen LogP contribution in [0, 0.1) is 0 Å². The molecule has 0 radical (unpaired) electrons. The number of benzene rings is 1. The molecule has 6 heteroatoms. The van der Waals surface area contributed by atoms with E-state index in [4.69, 9.17) is 22.1 Å². The van der Waals surface area contributed by atoms with Crippen molar-refractivity contribution < 1.29 is 4.74 Å². The second-order valence-corrected chi connectivity index (χ2v) is 4.32. The Kier molecular flexibility index (Phi) is 4.62. The van der Waals surface area contributed by atoms with Gasteiger partial charge in [-0.05, 0) is 19.1 Å². The Bertz CT molecular complexity index is 623. The van der Waals surface area contributed by atoms with E-state index in [0.29, 0.717) is 21.9 Å². The molecule has 98 valence electrons. The number of methoxy groups -OCH3 is 1. The minimum Gasteiger partial charge on any atom is -0.495 e. The summed E-state index contributed by atoms with van der Waals surface area (Å²) in [6.45, 7) is 1.77. The lowest BCUT2D eigenvalue weighted by molar-refractivity contribution is 0.415. The molecule has 0 saturated heterocycles. The highest BCUT2D eigenvalue weighted by atomic mass is 35.5. The Hall–Kier alpha value is -1.23. The molecule has 4 nitrogen and oxygen atoms in total. The second-order valence-electron chi connectivity index (χ2n) is 3.92. The van der Waals surface area contributed by atoms with Crippen molar-refractivity contribution in [3.05, 3.63) is 39.1 Å². The van der Waals surface area contributed by atoms with Gasteiger partial charge in [0.1, 0.15) is 5.75 Å². The summed E-state index contributed by atoms with van der Waals surface area (Å²) >= 11 is 6.03. The molecule has 1 aromatic heterocycles. The van der Waals surface area contributed by atoms with E-state index in [-0.39, 0.29) is 24.0 Å². The van der Waals surface area contributed by atoms with Crippen LogP contribution < -0.4 is 16.0 Å². The molecule has 0 unspecified atom stereocenters. The Morgan fingerprint density at radius 3 is 2.61 bits per heavy atom. The van der Waals surface area contributed by atoms with E-state index in [1.54, 1.807) is 25.1 Å². The van der Waals surface area contributed by atoms with Crippen LogP contribution in [0.25, 0.3) is 10.9 Å². The molecule has 0 aliphatic rings. The first-order chi connectivity index (χ1) is 8.02. The fourth-order valence-electron chi connectivity index (χ4n) is 1.72. The van der Waals surface area contributed by atoms with Gasteiger partial charge in [0.15, 0.2) is 0 Å². The third-order valence-corrected chi connectivity index (χ3v) is 2.93. The van der Waals surface area contributed by atoms with Crippen LogP contribution >= 0.6 is 24.0 Å². The molecule has 0 aliphatic carbocycles. The predicted octanol–water partition coefficient (Wildman–Crippen LogP) is 2.63. The van der Waals surface area contributed by atoms with Crippen LogP contribution in [0.1, 0.15) is 18.5 Å². The quantitative estimate of drug-likeness (QED) is 0.893. The Morgan fingerprint density at radius 1 is 1.39 bits per heavy atom. The van der Waals surface area contributed by atoms with Gasteiger partial charge >= 0.3 is 0 Å². The highest BCUT2D eigenvalue weighted by Crippen LogP contribution is 2.29. The number of aromatic amines is 1. The molecule has 18 heavy (non-hydrogen) atoms. The van der Waals surface area contributed by atoms with Crippen molar-refractivity contribution in [1.29, 1.82) is 0 Å². The molecule has 1 atom stereocenters. The van der Waals surface area contributed by atoms with Crippen molar-refractivity contribution in [2.75, 3.05) is 7.11 Å². The number of halogens is 2. The lowest BCUT2D eigenvalue weighted by Gasteiger charge is -2.08. The molecule has 0 spiro atoms. The number of hydrogen-bond donors (Lipinski definition) is 2. The SMILES string of the molecule is COc1cc2[nH]c(=O)c([C@@H](C)N)cc2cc1Cl.Cl. The largest absolute Gasteiger partial charge is 0.495 e. The van der Waals surface area contributed by atoms with Gasteiger partial charge in [0, 0.05) is 23.1 Å². The topological polar surface area (TPSA) is 68.1 Å². The van der Waals surface area contributed by atoms with Gasteiger partial charge in [-0.3, -0.25) is 4.79 Å². The summed E-state index contributed by atoms with van der Waals surface area (Å²) in [5.74, 6) is 0.531. The maximum atomic E-state index is 11.7. The summed E-state index contributed by atoms with van der Waals surface area (Å²) in [6, 6.07) is 4.88. The van der Waals surface area contributed by atoms with Gasteiger partial charge in [-0.15, -0.1) is 12.4 Å². The van der Waals surface area contributed by atoms with Crippen LogP contribution in [0.15, 0.2) is 23.0 Å². The lowest BCUT2D eigenvalue weighted by atomic mass is 10.1. The smallest absolute Gasteiger partial charge is 0.253 e. The van der Waals surface area contributed by atoms with Crippen LogP contribution in [0.5, 0.6) is 5.75 Å². The molecule has 0 bridgehead atoms. The predicted molar refractivity (Wildman–Crippen MR) is 76.0 cm³/mol. The third-order valence-electron chi connectivity index (χ3n) is 2.64. The summed E-state index contributed by atoms with van der Waals surface area (Å²) in [5, 5.41) is 1.34. The first-order valence-corrected chi connectivity index (χ1v) is 5.56. The Labute approximate surface area is 115 Å². The van der Waals surface area contributed by atoms with Crippen LogP contribution in [-0.2, 0) is 0 Å². The summed E-state index contributed by atoms with van der Waals surface area (Å²) < 4.78 is 5.09. The normalized spacial score (nSPS) is 12.0. The van der Waals surface area contributed by atoms with Crippen molar-refractivity contribution in [2.45, 2.75) is 13.0 Å². The second kappa shape index (κ2) is 5.61. The summed E-state index contributed by atoms with van der Waals surface area (Å²) in [4.78, 5) is 14.5. The van der Waals surface area contributed by atoms with Crippen molar-refractivity contribution in [3.8, 4) is 5.75 Å². The van der Waals surface area contributed by atoms with Gasteiger partial charge in [-0.25, -0.2) is 0 Å². The zero-order valence-electron chi connectivity index (χ0n) is 9.99. The number of ether oxygens (including phenoxy) is 1. The third kappa shape index (κ3) is 2.61. The fourth-order valence-corrected chi connectivity index (χ4v) is 1.97. The number of H-pyrrole nitrogens is 1. The maximum Gasteiger partial charge on any atom is 0.253 e. The van der Waals surface area contributed by atoms with Gasteiger partial charge in [-0.2, -0.15) is 0 Å². The highest BCUT2D eigenvalue weighted by molar-refractivity contribution is 6.32. The summed E-state index contributed by atoms with van der Waals surface area (Å²) in [5.41, 5.74) is 6.76. The van der Waals surface area contributed by atoms with Crippen molar-refractivity contribution >= 4 is 34.9 Å². The number of rotatable bonds is 2. The van der Waals surface area contributed by atoms with Crippen LogP contribution in [0.4, 0.5) is 0 Å². The minimum atomic E-state index is -0.316. The number of nitrogens with two attached hydrogens (primary N) is 1. The standard InChI is InChI=1S/C12H13ClN2O2.ClH/c1-6(14)8-3-7-4-9(13)11(17-2)5-10(7)15-12(8)16;/h3-6H,14H2,1-2H3,(H,15,16);1H/t6-;/m1./s1. The number of fused-ring (bicyclic) bond motifs is 1.